The second kappa shape index (κ2) is 7.47. The number of anilines is 1. The lowest BCUT2D eigenvalue weighted by Gasteiger charge is -2.13. The number of hydrogen-bond acceptors (Lipinski definition) is 4. The van der Waals surface area contributed by atoms with Gasteiger partial charge in [0.15, 0.2) is 5.82 Å². The average Bonchev–Trinajstić information content (AvgIpc) is 3.05. The number of carbonyl (C=O) groups excluding carboxylic acids is 1. The van der Waals surface area contributed by atoms with Gasteiger partial charge in [-0.15, -0.1) is 35.0 Å². The molecule has 22 heavy (non-hydrogen) atoms. The highest BCUT2D eigenvalue weighted by Crippen LogP contribution is 2.23. The maximum atomic E-state index is 12.3. The minimum atomic E-state index is -0.179. The molecule has 2 N–H and O–H groups in total. The number of carbonyl (C=O) groups is 1. The standard InChI is InChI=1S/C14H17N5O.2ClH/c1-9(13-18-16-8-19(13)2)17-14(20)11-3-4-12-10(7-11)5-6-15-12;;/h3-4,7-9,15H,5-6H2,1-2H3,(H,17,20);2*1H. The third-order valence-electron chi connectivity index (χ3n) is 3.56. The predicted octanol–water partition coefficient (Wildman–Crippen LogP) is 2.12. The first-order chi connectivity index (χ1) is 9.65. The van der Waals surface area contributed by atoms with E-state index in [1.807, 2.05) is 32.2 Å². The zero-order valence-electron chi connectivity index (χ0n) is 12.4. The van der Waals surface area contributed by atoms with Crippen LogP contribution in [0.1, 0.15) is 34.7 Å². The van der Waals surface area contributed by atoms with Crippen LogP contribution in [0.5, 0.6) is 0 Å². The molecule has 8 heteroatoms. The van der Waals surface area contributed by atoms with Crippen LogP contribution in [0.3, 0.4) is 0 Å². The summed E-state index contributed by atoms with van der Waals surface area (Å²) in [5.74, 6) is 0.649. The van der Waals surface area contributed by atoms with E-state index in [0.29, 0.717) is 5.56 Å². The summed E-state index contributed by atoms with van der Waals surface area (Å²) in [5.41, 5.74) is 3.01. The van der Waals surface area contributed by atoms with Crippen LogP contribution in [0, 0.1) is 0 Å². The van der Waals surface area contributed by atoms with E-state index in [1.165, 1.54) is 5.56 Å². The van der Waals surface area contributed by atoms with Crippen LogP contribution in [0.25, 0.3) is 0 Å². The van der Waals surface area contributed by atoms with Crippen molar-refractivity contribution in [1.82, 2.24) is 20.1 Å². The molecular weight excluding hydrogens is 325 g/mol. The van der Waals surface area contributed by atoms with Gasteiger partial charge in [-0.2, -0.15) is 0 Å². The first-order valence-electron chi connectivity index (χ1n) is 6.66. The first kappa shape index (κ1) is 18.3. The molecule has 1 unspecified atom stereocenters. The third kappa shape index (κ3) is 3.51. The number of rotatable bonds is 3. The number of hydrogen-bond donors (Lipinski definition) is 2. The molecule has 0 saturated heterocycles. The summed E-state index contributed by atoms with van der Waals surface area (Å²) in [7, 11) is 1.86. The summed E-state index contributed by atoms with van der Waals surface area (Å²) < 4.78 is 1.80. The highest BCUT2D eigenvalue weighted by Gasteiger charge is 2.17. The maximum absolute atomic E-state index is 12.3. The van der Waals surface area contributed by atoms with E-state index >= 15 is 0 Å². The second-order valence-electron chi connectivity index (χ2n) is 5.04. The van der Waals surface area contributed by atoms with Crippen LogP contribution in [0.2, 0.25) is 0 Å². The zero-order chi connectivity index (χ0) is 14.1. The fourth-order valence-electron chi connectivity index (χ4n) is 2.47. The minimum absolute atomic E-state index is 0. The Morgan fingerprint density at radius 3 is 2.86 bits per heavy atom. The number of halogens is 2. The Balaban J connectivity index is 0.00000121. The van der Waals surface area contributed by atoms with Crippen LogP contribution in [-0.4, -0.2) is 27.2 Å². The summed E-state index contributed by atoms with van der Waals surface area (Å²) in [6.45, 7) is 2.84. The summed E-state index contributed by atoms with van der Waals surface area (Å²) in [5, 5.41) is 14.1. The lowest BCUT2D eigenvalue weighted by molar-refractivity contribution is 0.0937. The molecule has 2 heterocycles. The van der Waals surface area contributed by atoms with Crippen LogP contribution in [0.4, 0.5) is 5.69 Å². The molecule has 0 spiro atoms. The number of aromatic nitrogens is 3. The Morgan fingerprint density at radius 1 is 1.41 bits per heavy atom. The van der Waals surface area contributed by atoms with Gasteiger partial charge < -0.3 is 15.2 Å². The summed E-state index contributed by atoms with van der Waals surface area (Å²) in [6.07, 6.45) is 2.59. The fourth-order valence-corrected chi connectivity index (χ4v) is 2.47. The fraction of sp³-hybridized carbons (Fsp3) is 0.357. The van der Waals surface area contributed by atoms with Crippen molar-refractivity contribution in [2.45, 2.75) is 19.4 Å². The summed E-state index contributed by atoms with van der Waals surface area (Å²) in [6, 6.07) is 5.58. The third-order valence-corrected chi connectivity index (χ3v) is 3.56. The van der Waals surface area contributed by atoms with Crippen LogP contribution >= 0.6 is 24.8 Å². The first-order valence-corrected chi connectivity index (χ1v) is 6.66. The Kier molecular flexibility index (Phi) is 6.20. The molecule has 120 valence electrons. The van der Waals surface area contributed by atoms with Crippen molar-refractivity contribution < 1.29 is 4.79 Å². The maximum Gasteiger partial charge on any atom is 0.251 e. The highest BCUT2D eigenvalue weighted by molar-refractivity contribution is 5.95. The quantitative estimate of drug-likeness (QED) is 0.895. The predicted molar refractivity (Wildman–Crippen MR) is 90.0 cm³/mol. The lowest BCUT2D eigenvalue weighted by atomic mass is 10.1. The molecular formula is C14H19Cl2N5O. The number of nitrogens with zero attached hydrogens (tertiary/aromatic N) is 3. The number of nitrogens with one attached hydrogen (secondary N) is 2. The van der Waals surface area contributed by atoms with Gasteiger partial charge in [0.1, 0.15) is 6.33 Å². The SMILES string of the molecule is CC(NC(=O)c1ccc2c(c1)CCN2)c1nncn1C.Cl.Cl. The van der Waals surface area contributed by atoms with Gasteiger partial charge in [-0.05, 0) is 37.1 Å². The van der Waals surface area contributed by atoms with E-state index in [4.69, 9.17) is 0 Å². The van der Waals surface area contributed by atoms with Crippen LogP contribution < -0.4 is 10.6 Å². The number of aryl methyl sites for hydroxylation is 1. The van der Waals surface area contributed by atoms with E-state index in [1.54, 1.807) is 10.9 Å². The van der Waals surface area contributed by atoms with E-state index in [9.17, 15) is 4.79 Å². The zero-order valence-corrected chi connectivity index (χ0v) is 14.0. The normalized spacial score (nSPS) is 13.2. The van der Waals surface area contributed by atoms with Gasteiger partial charge >= 0.3 is 0 Å². The Morgan fingerprint density at radius 2 is 2.18 bits per heavy atom. The van der Waals surface area contributed by atoms with Gasteiger partial charge in [0.05, 0.1) is 6.04 Å². The molecule has 1 aliphatic heterocycles. The smallest absolute Gasteiger partial charge is 0.251 e. The highest BCUT2D eigenvalue weighted by atomic mass is 35.5. The molecule has 1 amide bonds. The van der Waals surface area contributed by atoms with E-state index < -0.39 is 0 Å². The topological polar surface area (TPSA) is 71.8 Å². The van der Waals surface area contributed by atoms with Crippen molar-refractivity contribution in [3.8, 4) is 0 Å². The molecule has 2 aromatic rings. The molecule has 0 aliphatic carbocycles. The average molecular weight is 344 g/mol. The van der Waals surface area contributed by atoms with Gasteiger partial charge in [-0.3, -0.25) is 4.79 Å². The number of amides is 1. The molecule has 3 rings (SSSR count). The summed E-state index contributed by atoms with van der Waals surface area (Å²) in [4.78, 5) is 12.3. The van der Waals surface area contributed by atoms with Crippen molar-refractivity contribution >= 4 is 36.4 Å². The largest absolute Gasteiger partial charge is 0.384 e. The van der Waals surface area contributed by atoms with Crippen molar-refractivity contribution in [2.24, 2.45) is 7.05 Å². The van der Waals surface area contributed by atoms with Gasteiger partial charge in [0.2, 0.25) is 0 Å². The monoisotopic (exact) mass is 343 g/mol. The molecule has 0 bridgehead atoms. The van der Waals surface area contributed by atoms with Crippen molar-refractivity contribution in [3.05, 3.63) is 41.5 Å². The molecule has 1 aromatic heterocycles. The number of benzene rings is 1. The Bertz CT molecular complexity index is 658. The minimum Gasteiger partial charge on any atom is -0.384 e. The van der Waals surface area contributed by atoms with Crippen molar-refractivity contribution in [3.63, 3.8) is 0 Å². The second-order valence-corrected chi connectivity index (χ2v) is 5.04. The molecule has 1 aliphatic rings. The van der Waals surface area contributed by atoms with E-state index in [2.05, 4.69) is 20.8 Å². The van der Waals surface area contributed by atoms with Gasteiger partial charge in [0.25, 0.3) is 5.91 Å². The van der Waals surface area contributed by atoms with Gasteiger partial charge in [0, 0.05) is 24.8 Å². The van der Waals surface area contributed by atoms with Crippen molar-refractivity contribution in [2.75, 3.05) is 11.9 Å². The van der Waals surface area contributed by atoms with E-state index in [0.717, 1.165) is 24.5 Å². The van der Waals surface area contributed by atoms with Crippen LogP contribution in [0.15, 0.2) is 24.5 Å². The van der Waals surface area contributed by atoms with Crippen LogP contribution in [-0.2, 0) is 13.5 Å². The van der Waals surface area contributed by atoms with Gasteiger partial charge in [-0.1, -0.05) is 0 Å². The summed E-state index contributed by atoms with van der Waals surface area (Å²) >= 11 is 0. The lowest BCUT2D eigenvalue weighted by Crippen LogP contribution is -2.28. The van der Waals surface area contributed by atoms with Crippen molar-refractivity contribution in [1.29, 1.82) is 0 Å². The Labute approximate surface area is 141 Å². The molecule has 6 nitrogen and oxygen atoms in total. The van der Waals surface area contributed by atoms with E-state index in [-0.39, 0.29) is 36.8 Å². The molecule has 0 saturated carbocycles. The molecule has 0 fully saturated rings. The Hall–Kier alpha value is -1.79. The number of fused-ring (bicyclic) bond motifs is 1. The molecule has 0 radical (unpaired) electrons. The molecule has 1 aromatic carbocycles. The van der Waals surface area contributed by atoms with Gasteiger partial charge in [-0.25, -0.2) is 0 Å². The molecule has 1 atom stereocenters.